The molecule has 0 saturated heterocycles. The molecule has 0 fully saturated rings. The maximum atomic E-state index is 13.0. The zero-order valence-electron chi connectivity index (χ0n) is 19.2. The van der Waals surface area contributed by atoms with Gasteiger partial charge in [0.05, 0.1) is 35.7 Å². The third kappa shape index (κ3) is 6.81. The quantitative estimate of drug-likeness (QED) is 0.389. The molecule has 34 heavy (non-hydrogen) atoms. The van der Waals surface area contributed by atoms with Gasteiger partial charge < -0.3 is 29.6 Å². The van der Waals surface area contributed by atoms with Gasteiger partial charge in [0.15, 0.2) is 0 Å². The number of methoxy groups -OCH3 is 2. The van der Waals surface area contributed by atoms with Gasteiger partial charge in [0, 0.05) is 14.2 Å². The van der Waals surface area contributed by atoms with Crippen molar-refractivity contribution in [3.63, 3.8) is 0 Å². The van der Waals surface area contributed by atoms with E-state index >= 15 is 0 Å². The predicted octanol–water partition coefficient (Wildman–Crippen LogP) is 4.24. The molecule has 0 spiro atoms. The van der Waals surface area contributed by atoms with Crippen molar-refractivity contribution in [1.29, 1.82) is 0 Å². The summed E-state index contributed by atoms with van der Waals surface area (Å²) < 4.78 is 21.3. The summed E-state index contributed by atoms with van der Waals surface area (Å²) in [5.41, 5.74) is 1.64. The fourth-order valence-electron chi connectivity index (χ4n) is 3.11. The molecular weight excluding hydrogens is 436 g/mol. The lowest BCUT2D eigenvalue weighted by Gasteiger charge is -2.15. The van der Waals surface area contributed by atoms with Crippen molar-refractivity contribution < 1.29 is 28.5 Å². The minimum atomic E-state index is -0.363. The molecule has 0 aliphatic heterocycles. The number of para-hydroxylation sites is 4. The molecule has 8 heteroatoms. The molecule has 0 unspecified atom stereocenters. The summed E-state index contributed by atoms with van der Waals surface area (Å²) in [5, 5.41) is 5.72. The van der Waals surface area contributed by atoms with Crippen LogP contribution < -0.4 is 20.1 Å². The van der Waals surface area contributed by atoms with Crippen LogP contribution in [0.2, 0.25) is 0 Å². The summed E-state index contributed by atoms with van der Waals surface area (Å²) >= 11 is 0. The van der Waals surface area contributed by atoms with Gasteiger partial charge >= 0.3 is 0 Å². The van der Waals surface area contributed by atoms with Crippen molar-refractivity contribution in [1.82, 2.24) is 0 Å². The average molecular weight is 465 g/mol. The van der Waals surface area contributed by atoms with Crippen LogP contribution in [0.5, 0.6) is 11.5 Å². The number of ether oxygens (including phenoxy) is 4. The second-order valence-electron chi connectivity index (χ2n) is 7.13. The van der Waals surface area contributed by atoms with Gasteiger partial charge in [-0.1, -0.05) is 36.4 Å². The molecule has 2 amide bonds. The first-order valence-corrected chi connectivity index (χ1v) is 10.8. The Labute approximate surface area is 198 Å². The van der Waals surface area contributed by atoms with E-state index in [4.69, 9.17) is 18.9 Å². The molecule has 0 aromatic heterocycles. The molecule has 0 aliphatic carbocycles. The fourth-order valence-corrected chi connectivity index (χ4v) is 3.11. The van der Waals surface area contributed by atoms with Crippen molar-refractivity contribution in [2.45, 2.75) is 0 Å². The maximum Gasteiger partial charge on any atom is 0.259 e. The van der Waals surface area contributed by atoms with Crippen LogP contribution in [0.4, 0.5) is 11.4 Å². The molecule has 3 aromatic carbocycles. The van der Waals surface area contributed by atoms with Gasteiger partial charge in [0.2, 0.25) is 0 Å². The van der Waals surface area contributed by atoms with Crippen molar-refractivity contribution in [3.05, 3.63) is 83.9 Å². The molecule has 0 atom stereocenters. The van der Waals surface area contributed by atoms with E-state index in [1.165, 1.54) is 0 Å². The van der Waals surface area contributed by atoms with Crippen molar-refractivity contribution in [2.24, 2.45) is 0 Å². The standard InChI is InChI=1S/C26H28N2O6/c1-31-15-17-33-23-13-7-3-9-19(23)25(29)27-21-11-5-6-12-22(21)28-26(30)20-10-4-8-14-24(20)34-18-16-32-2/h3-14H,15-18H2,1-2H3,(H,27,29)(H,28,30). The van der Waals surface area contributed by atoms with Crippen LogP contribution in [0.1, 0.15) is 20.7 Å². The van der Waals surface area contributed by atoms with Gasteiger partial charge in [-0.05, 0) is 36.4 Å². The molecule has 3 rings (SSSR count). The van der Waals surface area contributed by atoms with Gasteiger partial charge in [-0.2, -0.15) is 0 Å². The zero-order valence-corrected chi connectivity index (χ0v) is 19.2. The molecule has 2 N–H and O–H groups in total. The number of benzene rings is 3. The number of nitrogens with one attached hydrogen (secondary N) is 2. The van der Waals surface area contributed by atoms with E-state index in [1.54, 1.807) is 87.0 Å². The normalized spacial score (nSPS) is 10.4. The van der Waals surface area contributed by atoms with Gasteiger partial charge in [0.1, 0.15) is 24.7 Å². The van der Waals surface area contributed by atoms with E-state index in [0.29, 0.717) is 60.4 Å². The second kappa shape index (κ2) is 13.0. The first-order valence-electron chi connectivity index (χ1n) is 10.8. The molecule has 0 bridgehead atoms. The first kappa shape index (κ1) is 24.8. The molecule has 178 valence electrons. The van der Waals surface area contributed by atoms with Crippen LogP contribution in [0.3, 0.4) is 0 Å². The molecule has 0 aliphatic rings. The number of hydrogen-bond acceptors (Lipinski definition) is 6. The summed E-state index contributed by atoms with van der Waals surface area (Å²) in [4.78, 5) is 26.0. The Balaban J connectivity index is 1.75. The number of hydrogen-bond donors (Lipinski definition) is 2. The summed E-state index contributed by atoms with van der Waals surface area (Å²) in [6.07, 6.45) is 0. The average Bonchev–Trinajstić information content (AvgIpc) is 2.86. The van der Waals surface area contributed by atoms with E-state index in [0.717, 1.165) is 0 Å². The van der Waals surface area contributed by atoms with Crippen LogP contribution in [0.15, 0.2) is 72.8 Å². The fraction of sp³-hybridized carbons (Fsp3) is 0.231. The lowest BCUT2D eigenvalue weighted by atomic mass is 10.1. The van der Waals surface area contributed by atoms with Gasteiger partial charge in [-0.15, -0.1) is 0 Å². The van der Waals surface area contributed by atoms with Crippen LogP contribution >= 0.6 is 0 Å². The molecular formula is C26H28N2O6. The Kier molecular flexibility index (Phi) is 9.45. The predicted molar refractivity (Wildman–Crippen MR) is 130 cm³/mol. The maximum absolute atomic E-state index is 13.0. The van der Waals surface area contributed by atoms with Gasteiger partial charge in [-0.25, -0.2) is 0 Å². The number of amides is 2. The zero-order chi connectivity index (χ0) is 24.2. The lowest BCUT2D eigenvalue weighted by molar-refractivity contribution is 0.100. The summed E-state index contributed by atoms with van der Waals surface area (Å²) in [6, 6.07) is 20.8. The smallest absolute Gasteiger partial charge is 0.259 e. The summed E-state index contributed by atoms with van der Waals surface area (Å²) in [5.74, 6) is 0.164. The number of carbonyl (C=O) groups is 2. The van der Waals surface area contributed by atoms with Crippen molar-refractivity contribution in [3.8, 4) is 11.5 Å². The Morgan fingerprint density at radius 1 is 0.588 bits per heavy atom. The van der Waals surface area contributed by atoms with E-state index in [2.05, 4.69) is 10.6 Å². The Bertz CT molecular complexity index is 1020. The van der Waals surface area contributed by atoms with E-state index < -0.39 is 0 Å². The second-order valence-corrected chi connectivity index (χ2v) is 7.13. The highest BCUT2D eigenvalue weighted by Gasteiger charge is 2.17. The van der Waals surface area contributed by atoms with E-state index in [1.807, 2.05) is 0 Å². The molecule has 0 saturated carbocycles. The van der Waals surface area contributed by atoms with E-state index in [9.17, 15) is 9.59 Å². The molecule has 0 heterocycles. The van der Waals surface area contributed by atoms with Crippen molar-refractivity contribution >= 4 is 23.2 Å². The highest BCUT2D eigenvalue weighted by Crippen LogP contribution is 2.26. The molecule has 3 aromatic rings. The number of anilines is 2. The van der Waals surface area contributed by atoms with Crippen LogP contribution in [-0.2, 0) is 9.47 Å². The third-order valence-electron chi connectivity index (χ3n) is 4.78. The molecule has 0 radical (unpaired) electrons. The Hall–Kier alpha value is -3.88. The van der Waals surface area contributed by atoms with Crippen molar-refractivity contribution in [2.75, 3.05) is 51.3 Å². The Morgan fingerprint density at radius 3 is 1.38 bits per heavy atom. The number of carbonyl (C=O) groups excluding carboxylic acids is 2. The first-order chi connectivity index (χ1) is 16.6. The van der Waals surface area contributed by atoms with Gasteiger partial charge in [0.25, 0.3) is 11.8 Å². The Morgan fingerprint density at radius 2 is 0.971 bits per heavy atom. The van der Waals surface area contributed by atoms with Crippen LogP contribution in [0.25, 0.3) is 0 Å². The summed E-state index contributed by atoms with van der Waals surface area (Å²) in [7, 11) is 3.16. The third-order valence-corrected chi connectivity index (χ3v) is 4.78. The summed E-state index contributed by atoms with van der Waals surface area (Å²) in [6.45, 7) is 1.45. The monoisotopic (exact) mass is 464 g/mol. The van der Waals surface area contributed by atoms with E-state index in [-0.39, 0.29) is 11.8 Å². The minimum absolute atomic E-state index is 0.319. The lowest BCUT2D eigenvalue weighted by Crippen LogP contribution is -2.18. The topological polar surface area (TPSA) is 95.1 Å². The minimum Gasteiger partial charge on any atom is -0.490 e. The largest absolute Gasteiger partial charge is 0.490 e. The van der Waals surface area contributed by atoms with Crippen LogP contribution in [0, 0.1) is 0 Å². The SMILES string of the molecule is COCCOc1ccccc1C(=O)Nc1ccccc1NC(=O)c1ccccc1OCCOC. The van der Waals surface area contributed by atoms with Gasteiger partial charge in [-0.3, -0.25) is 9.59 Å². The number of rotatable bonds is 12. The highest BCUT2D eigenvalue weighted by molar-refractivity contribution is 6.11. The molecule has 8 nitrogen and oxygen atoms in total. The highest BCUT2D eigenvalue weighted by atomic mass is 16.5. The van der Waals surface area contributed by atoms with Crippen LogP contribution in [-0.4, -0.2) is 52.5 Å².